The summed E-state index contributed by atoms with van der Waals surface area (Å²) in [6.45, 7) is 3.25. The third kappa shape index (κ3) is 6.17. The molecule has 2 aromatic rings. The number of nitrogens with zero attached hydrogens (tertiary/aromatic N) is 1. The Morgan fingerprint density at radius 1 is 0.871 bits per heavy atom. The van der Waals surface area contributed by atoms with E-state index in [0.717, 1.165) is 37.1 Å². The summed E-state index contributed by atoms with van der Waals surface area (Å²) < 4.78 is 5.67. The second-order valence-electron chi connectivity index (χ2n) is 7.75. The first-order valence-corrected chi connectivity index (χ1v) is 11.1. The monoisotopic (exact) mass is 422 g/mol. The van der Waals surface area contributed by atoms with Crippen LogP contribution in [0.25, 0.3) is 0 Å². The van der Waals surface area contributed by atoms with Gasteiger partial charge in [-0.25, -0.2) is 0 Å². The van der Waals surface area contributed by atoms with Gasteiger partial charge in [0.2, 0.25) is 5.91 Å². The van der Waals surface area contributed by atoms with Crippen molar-refractivity contribution in [2.45, 2.75) is 51.9 Å². The Balaban J connectivity index is 1.32. The molecule has 3 rings (SSSR count). The predicted octanol–water partition coefficient (Wildman–Crippen LogP) is 5.05. The maximum atomic E-state index is 12.3. The number of nitrogens with one attached hydrogen (secondary N) is 1. The molecule has 0 saturated carbocycles. The highest BCUT2D eigenvalue weighted by molar-refractivity contribution is 6.21. The minimum atomic E-state index is -0.226. The highest BCUT2D eigenvalue weighted by atomic mass is 16.5. The van der Waals surface area contributed by atoms with E-state index in [1.165, 1.54) is 4.90 Å². The number of amides is 3. The molecule has 0 radical (unpaired) electrons. The average Bonchev–Trinajstić information content (AvgIpc) is 3.02. The van der Waals surface area contributed by atoms with Crippen molar-refractivity contribution in [3.05, 3.63) is 59.7 Å². The summed E-state index contributed by atoms with van der Waals surface area (Å²) in [5.74, 6) is 0.312. The molecular formula is C25H30N2O4. The zero-order valence-corrected chi connectivity index (χ0v) is 18.1. The van der Waals surface area contributed by atoms with Gasteiger partial charge in [0, 0.05) is 18.7 Å². The standard InChI is InChI=1S/C25H30N2O4/c1-2-3-9-18-31-20-15-13-19(14-16-20)26-23(28)12-5-4-8-17-27-24(29)21-10-6-7-11-22(21)25(27)30/h6-7,10-11,13-16H,2-5,8-9,12,17-18H2,1H3,(H,26,28). The van der Waals surface area contributed by atoms with Crippen LogP contribution in [0.5, 0.6) is 5.75 Å². The van der Waals surface area contributed by atoms with Crippen molar-refractivity contribution in [2.75, 3.05) is 18.5 Å². The van der Waals surface area contributed by atoms with E-state index in [4.69, 9.17) is 4.74 Å². The Labute approximate surface area is 183 Å². The van der Waals surface area contributed by atoms with E-state index in [1.54, 1.807) is 24.3 Å². The maximum Gasteiger partial charge on any atom is 0.261 e. The number of hydrogen-bond acceptors (Lipinski definition) is 4. The molecule has 31 heavy (non-hydrogen) atoms. The molecule has 0 aliphatic carbocycles. The summed E-state index contributed by atoms with van der Waals surface area (Å²) >= 11 is 0. The van der Waals surface area contributed by atoms with Crippen LogP contribution in [-0.4, -0.2) is 35.8 Å². The van der Waals surface area contributed by atoms with Gasteiger partial charge in [-0.15, -0.1) is 0 Å². The largest absolute Gasteiger partial charge is 0.494 e. The SMILES string of the molecule is CCCCCOc1ccc(NC(=O)CCCCCN2C(=O)c3ccccc3C2=O)cc1. The van der Waals surface area contributed by atoms with Crippen molar-refractivity contribution >= 4 is 23.4 Å². The number of imide groups is 1. The summed E-state index contributed by atoms with van der Waals surface area (Å²) in [5, 5.41) is 2.89. The Kier molecular flexibility index (Phi) is 8.21. The molecule has 3 amide bonds. The van der Waals surface area contributed by atoms with Gasteiger partial charge in [0.25, 0.3) is 11.8 Å². The molecule has 0 spiro atoms. The van der Waals surface area contributed by atoms with Gasteiger partial charge in [-0.05, 0) is 55.7 Å². The van der Waals surface area contributed by atoms with Crippen molar-refractivity contribution in [3.8, 4) is 5.75 Å². The second-order valence-corrected chi connectivity index (χ2v) is 7.75. The lowest BCUT2D eigenvalue weighted by molar-refractivity contribution is -0.116. The van der Waals surface area contributed by atoms with Crippen LogP contribution in [0.2, 0.25) is 0 Å². The molecule has 164 valence electrons. The first kappa shape index (κ1) is 22.5. The number of carbonyl (C=O) groups excluding carboxylic acids is 3. The van der Waals surface area contributed by atoms with Gasteiger partial charge in [0.1, 0.15) is 5.75 Å². The topological polar surface area (TPSA) is 75.7 Å². The van der Waals surface area contributed by atoms with Crippen LogP contribution in [-0.2, 0) is 4.79 Å². The molecule has 1 N–H and O–H groups in total. The van der Waals surface area contributed by atoms with Crippen LogP contribution >= 0.6 is 0 Å². The van der Waals surface area contributed by atoms with Crippen LogP contribution < -0.4 is 10.1 Å². The number of benzene rings is 2. The molecule has 0 saturated heterocycles. The van der Waals surface area contributed by atoms with Crippen LogP contribution in [0.15, 0.2) is 48.5 Å². The van der Waals surface area contributed by atoms with Crippen molar-refractivity contribution in [1.82, 2.24) is 4.90 Å². The Bertz CT molecular complexity index is 873. The third-order valence-electron chi connectivity index (χ3n) is 5.32. The van der Waals surface area contributed by atoms with Gasteiger partial charge < -0.3 is 10.1 Å². The minimum Gasteiger partial charge on any atom is -0.494 e. The molecule has 0 atom stereocenters. The number of ether oxygens (including phenoxy) is 1. The molecule has 1 aliphatic heterocycles. The number of hydrogen-bond donors (Lipinski definition) is 1. The molecule has 0 fully saturated rings. The van der Waals surface area contributed by atoms with Crippen LogP contribution in [0, 0.1) is 0 Å². The maximum absolute atomic E-state index is 12.3. The molecule has 0 aromatic heterocycles. The van der Waals surface area contributed by atoms with Gasteiger partial charge in [0.05, 0.1) is 17.7 Å². The first-order chi connectivity index (χ1) is 15.1. The van der Waals surface area contributed by atoms with Crippen LogP contribution in [0.3, 0.4) is 0 Å². The molecule has 6 nitrogen and oxygen atoms in total. The van der Waals surface area contributed by atoms with Gasteiger partial charge in [-0.2, -0.15) is 0 Å². The fraction of sp³-hybridized carbons (Fsp3) is 0.400. The minimum absolute atomic E-state index is 0.0441. The van der Waals surface area contributed by atoms with Crippen LogP contribution in [0.4, 0.5) is 5.69 Å². The summed E-state index contributed by atoms with van der Waals surface area (Å²) in [6.07, 6.45) is 5.92. The van der Waals surface area contributed by atoms with Crippen molar-refractivity contribution < 1.29 is 19.1 Å². The normalized spacial score (nSPS) is 12.7. The van der Waals surface area contributed by atoms with E-state index in [1.807, 2.05) is 24.3 Å². The summed E-state index contributed by atoms with van der Waals surface area (Å²) in [5.41, 5.74) is 1.70. The summed E-state index contributed by atoms with van der Waals surface area (Å²) in [7, 11) is 0. The highest BCUT2D eigenvalue weighted by Crippen LogP contribution is 2.23. The molecule has 1 aliphatic rings. The highest BCUT2D eigenvalue weighted by Gasteiger charge is 2.34. The van der Waals surface area contributed by atoms with Gasteiger partial charge >= 0.3 is 0 Å². The van der Waals surface area contributed by atoms with Crippen molar-refractivity contribution in [2.24, 2.45) is 0 Å². The fourth-order valence-corrected chi connectivity index (χ4v) is 3.57. The van der Waals surface area contributed by atoms with Gasteiger partial charge in [-0.3, -0.25) is 19.3 Å². The Morgan fingerprint density at radius 2 is 1.55 bits per heavy atom. The van der Waals surface area contributed by atoms with Crippen molar-refractivity contribution in [1.29, 1.82) is 0 Å². The van der Waals surface area contributed by atoms with E-state index in [0.29, 0.717) is 43.5 Å². The van der Waals surface area contributed by atoms with Crippen molar-refractivity contribution in [3.63, 3.8) is 0 Å². The second kappa shape index (κ2) is 11.3. The molecular weight excluding hydrogens is 392 g/mol. The van der Waals surface area contributed by atoms with Crippen LogP contribution in [0.1, 0.15) is 72.6 Å². The number of fused-ring (bicyclic) bond motifs is 1. The van der Waals surface area contributed by atoms with E-state index < -0.39 is 0 Å². The van der Waals surface area contributed by atoms with Gasteiger partial charge in [-0.1, -0.05) is 38.3 Å². The summed E-state index contributed by atoms with van der Waals surface area (Å²) in [4.78, 5) is 38.1. The first-order valence-electron chi connectivity index (χ1n) is 11.1. The molecule has 2 aromatic carbocycles. The molecule has 1 heterocycles. The van der Waals surface area contributed by atoms with E-state index >= 15 is 0 Å². The zero-order chi connectivity index (χ0) is 22.1. The summed E-state index contributed by atoms with van der Waals surface area (Å²) in [6, 6.07) is 14.3. The third-order valence-corrected chi connectivity index (χ3v) is 5.32. The van der Waals surface area contributed by atoms with E-state index in [9.17, 15) is 14.4 Å². The average molecular weight is 423 g/mol. The number of rotatable bonds is 12. The molecule has 0 unspecified atom stereocenters. The lowest BCUT2D eigenvalue weighted by Crippen LogP contribution is -2.30. The Morgan fingerprint density at radius 3 is 2.19 bits per heavy atom. The van der Waals surface area contributed by atoms with E-state index in [2.05, 4.69) is 12.2 Å². The lowest BCUT2D eigenvalue weighted by atomic mass is 10.1. The number of unbranched alkanes of at least 4 members (excludes halogenated alkanes) is 4. The smallest absolute Gasteiger partial charge is 0.261 e. The van der Waals surface area contributed by atoms with Gasteiger partial charge in [0.15, 0.2) is 0 Å². The predicted molar refractivity (Wildman–Crippen MR) is 120 cm³/mol. The van der Waals surface area contributed by atoms with E-state index in [-0.39, 0.29) is 17.7 Å². The fourth-order valence-electron chi connectivity index (χ4n) is 3.57. The number of carbonyl (C=O) groups is 3. The zero-order valence-electron chi connectivity index (χ0n) is 18.1. The number of anilines is 1. The quantitative estimate of drug-likeness (QED) is 0.384. The Hall–Kier alpha value is -3.15. The lowest BCUT2D eigenvalue weighted by Gasteiger charge is -2.13. The molecule has 6 heteroatoms. The molecule has 0 bridgehead atoms.